The number of hydrogen-bond donors (Lipinski definition) is 2. The van der Waals surface area contributed by atoms with Crippen LogP contribution in [-0.4, -0.2) is 67.4 Å². The van der Waals surface area contributed by atoms with Gasteiger partial charge in [0.15, 0.2) is 0 Å². The Morgan fingerprint density at radius 2 is 1.67 bits per heavy atom. The van der Waals surface area contributed by atoms with Crippen molar-refractivity contribution >= 4 is 17.5 Å². The first kappa shape index (κ1) is 18.4. The molecule has 0 bridgehead atoms. The SMILES string of the molecule is CCc1ccccc1NC(=O)CNC(=O)CN1CCN(CC)CC1. The van der Waals surface area contributed by atoms with Crippen LogP contribution >= 0.6 is 0 Å². The molecule has 132 valence electrons. The molecule has 24 heavy (non-hydrogen) atoms. The number of anilines is 1. The highest BCUT2D eigenvalue weighted by Gasteiger charge is 2.18. The molecule has 1 aliphatic heterocycles. The lowest BCUT2D eigenvalue weighted by Gasteiger charge is -2.33. The van der Waals surface area contributed by atoms with E-state index < -0.39 is 0 Å². The Kier molecular flexibility index (Phi) is 7.21. The smallest absolute Gasteiger partial charge is 0.243 e. The summed E-state index contributed by atoms with van der Waals surface area (Å²) >= 11 is 0. The maximum atomic E-state index is 12.0. The number of aryl methyl sites for hydroxylation is 1. The van der Waals surface area contributed by atoms with Crippen molar-refractivity contribution in [2.75, 3.05) is 51.1 Å². The molecule has 0 aromatic heterocycles. The Bertz CT molecular complexity index is 554. The maximum Gasteiger partial charge on any atom is 0.243 e. The second-order valence-corrected chi connectivity index (χ2v) is 6.05. The fourth-order valence-corrected chi connectivity index (χ4v) is 2.85. The second kappa shape index (κ2) is 9.39. The first-order chi connectivity index (χ1) is 11.6. The molecule has 0 aliphatic carbocycles. The lowest BCUT2D eigenvalue weighted by molar-refractivity contribution is -0.125. The van der Waals surface area contributed by atoms with E-state index in [-0.39, 0.29) is 18.4 Å². The van der Waals surface area contributed by atoms with Gasteiger partial charge in [0.25, 0.3) is 0 Å². The lowest BCUT2D eigenvalue weighted by Crippen LogP contribution is -2.49. The molecule has 1 saturated heterocycles. The van der Waals surface area contributed by atoms with Crippen LogP contribution < -0.4 is 10.6 Å². The van der Waals surface area contributed by atoms with Gasteiger partial charge < -0.3 is 15.5 Å². The third kappa shape index (κ3) is 5.62. The fraction of sp³-hybridized carbons (Fsp3) is 0.556. The van der Waals surface area contributed by atoms with Crippen LogP contribution in [0.25, 0.3) is 0 Å². The molecule has 0 atom stereocenters. The second-order valence-electron chi connectivity index (χ2n) is 6.05. The van der Waals surface area contributed by atoms with E-state index in [1.807, 2.05) is 31.2 Å². The summed E-state index contributed by atoms with van der Waals surface area (Å²) in [5.41, 5.74) is 1.90. The van der Waals surface area contributed by atoms with E-state index in [2.05, 4.69) is 27.4 Å². The van der Waals surface area contributed by atoms with Crippen molar-refractivity contribution in [1.29, 1.82) is 0 Å². The molecule has 1 heterocycles. The van der Waals surface area contributed by atoms with Gasteiger partial charge in [0.1, 0.15) is 0 Å². The zero-order valence-electron chi connectivity index (χ0n) is 14.7. The number of benzene rings is 1. The molecule has 0 saturated carbocycles. The number of amides is 2. The number of nitrogens with zero attached hydrogens (tertiary/aromatic N) is 2. The summed E-state index contributed by atoms with van der Waals surface area (Å²) in [6.45, 7) is 9.41. The van der Waals surface area contributed by atoms with Crippen LogP contribution in [-0.2, 0) is 16.0 Å². The van der Waals surface area contributed by atoms with Crippen LogP contribution in [0.3, 0.4) is 0 Å². The summed E-state index contributed by atoms with van der Waals surface area (Å²) in [7, 11) is 0. The van der Waals surface area contributed by atoms with Gasteiger partial charge in [-0.1, -0.05) is 32.0 Å². The van der Waals surface area contributed by atoms with Crippen molar-refractivity contribution in [2.45, 2.75) is 20.3 Å². The summed E-state index contributed by atoms with van der Waals surface area (Å²) in [6.07, 6.45) is 0.854. The molecule has 1 aromatic rings. The number of piperazine rings is 1. The average molecular weight is 332 g/mol. The van der Waals surface area contributed by atoms with Gasteiger partial charge in [-0.15, -0.1) is 0 Å². The number of hydrogen-bond acceptors (Lipinski definition) is 4. The molecular weight excluding hydrogens is 304 g/mol. The zero-order chi connectivity index (χ0) is 17.4. The lowest BCUT2D eigenvalue weighted by atomic mass is 10.1. The molecule has 0 spiro atoms. The van der Waals surface area contributed by atoms with Crippen LogP contribution in [0.5, 0.6) is 0 Å². The monoisotopic (exact) mass is 332 g/mol. The van der Waals surface area contributed by atoms with E-state index >= 15 is 0 Å². The molecular formula is C18H28N4O2. The summed E-state index contributed by atoms with van der Waals surface area (Å²) < 4.78 is 0. The van der Waals surface area contributed by atoms with E-state index in [0.717, 1.165) is 50.4 Å². The Morgan fingerprint density at radius 1 is 1.00 bits per heavy atom. The van der Waals surface area contributed by atoms with E-state index in [1.165, 1.54) is 0 Å². The number of para-hydroxylation sites is 1. The van der Waals surface area contributed by atoms with Crippen LogP contribution in [0.2, 0.25) is 0 Å². The Labute approximate surface area is 144 Å². The minimum atomic E-state index is -0.194. The molecule has 1 aliphatic rings. The molecule has 1 fully saturated rings. The number of rotatable bonds is 7. The van der Waals surface area contributed by atoms with Crippen molar-refractivity contribution < 1.29 is 9.59 Å². The molecule has 6 heteroatoms. The minimum absolute atomic E-state index is 0.00576. The molecule has 1 aromatic carbocycles. The van der Waals surface area contributed by atoms with Gasteiger partial charge >= 0.3 is 0 Å². The van der Waals surface area contributed by atoms with Crippen LogP contribution in [0.4, 0.5) is 5.69 Å². The maximum absolute atomic E-state index is 12.0. The number of carbonyl (C=O) groups excluding carboxylic acids is 2. The van der Waals surface area contributed by atoms with E-state index in [9.17, 15) is 9.59 Å². The van der Waals surface area contributed by atoms with Gasteiger partial charge in [0.2, 0.25) is 11.8 Å². The highest BCUT2D eigenvalue weighted by molar-refractivity contribution is 5.95. The first-order valence-electron chi connectivity index (χ1n) is 8.71. The first-order valence-corrected chi connectivity index (χ1v) is 8.71. The van der Waals surface area contributed by atoms with Crippen molar-refractivity contribution in [3.05, 3.63) is 29.8 Å². The molecule has 0 unspecified atom stereocenters. The highest BCUT2D eigenvalue weighted by atomic mass is 16.2. The number of carbonyl (C=O) groups is 2. The number of nitrogens with one attached hydrogen (secondary N) is 2. The number of likely N-dealkylation sites (N-methyl/N-ethyl adjacent to an activating group) is 1. The molecule has 0 radical (unpaired) electrons. The summed E-state index contributed by atoms with van der Waals surface area (Å²) in [4.78, 5) is 28.5. The van der Waals surface area contributed by atoms with E-state index in [1.54, 1.807) is 0 Å². The summed E-state index contributed by atoms with van der Waals surface area (Å²) in [6, 6.07) is 7.72. The van der Waals surface area contributed by atoms with Crippen LogP contribution in [0.15, 0.2) is 24.3 Å². The summed E-state index contributed by atoms with van der Waals surface area (Å²) in [5, 5.41) is 5.57. The largest absolute Gasteiger partial charge is 0.346 e. The van der Waals surface area contributed by atoms with Gasteiger partial charge in [-0.25, -0.2) is 0 Å². The van der Waals surface area contributed by atoms with Crippen molar-refractivity contribution in [3.63, 3.8) is 0 Å². The topological polar surface area (TPSA) is 64.7 Å². The predicted molar refractivity (Wildman–Crippen MR) is 96.0 cm³/mol. The summed E-state index contributed by atoms with van der Waals surface area (Å²) in [5.74, 6) is -0.293. The van der Waals surface area contributed by atoms with Crippen LogP contribution in [0.1, 0.15) is 19.4 Å². The quantitative estimate of drug-likeness (QED) is 0.780. The van der Waals surface area contributed by atoms with Crippen molar-refractivity contribution in [2.24, 2.45) is 0 Å². The standard InChI is InChI=1S/C18H28N4O2/c1-3-15-7-5-6-8-16(15)20-17(23)13-19-18(24)14-22-11-9-21(4-2)10-12-22/h5-8H,3-4,9-14H2,1-2H3,(H,19,24)(H,20,23). The third-order valence-corrected chi connectivity index (χ3v) is 4.40. The van der Waals surface area contributed by atoms with Crippen molar-refractivity contribution in [3.8, 4) is 0 Å². The van der Waals surface area contributed by atoms with Gasteiger partial charge in [-0.2, -0.15) is 0 Å². The Hall–Kier alpha value is -1.92. The van der Waals surface area contributed by atoms with E-state index in [0.29, 0.717) is 6.54 Å². The van der Waals surface area contributed by atoms with E-state index in [4.69, 9.17) is 0 Å². The Balaban J connectivity index is 1.70. The molecule has 2 N–H and O–H groups in total. The van der Waals surface area contributed by atoms with Gasteiger partial charge in [-0.05, 0) is 24.6 Å². The molecule has 6 nitrogen and oxygen atoms in total. The molecule has 2 rings (SSSR count). The average Bonchev–Trinajstić information content (AvgIpc) is 2.61. The molecule has 2 amide bonds. The predicted octanol–water partition coefficient (Wildman–Crippen LogP) is 0.941. The van der Waals surface area contributed by atoms with Gasteiger partial charge in [-0.3, -0.25) is 14.5 Å². The van der Waals surface area contributed by atoms with Gasteiger partial charge in [0.05, 0.1) is 13.1 Å². The van der Waals surface area contributed by atoms with Gasteiger partial charge in [0, 0.05) is 31.9 Å². The fourth-order valence-electron chi connectivity index (χ4n) is 2.85. The minimum Gasteiger partial charge on any atom is -0.346 e. The Morgan fingerprint density at radius 3 is 2.33 bits per heavy atom. The zero-order valence-corrected chi connectivity index (χ0v) is 14.7. The highest BCUT2D eigenvalue weighted by Crippen LogP contribution is 2.14. The van der Waals surface area contributed by atoms with Crippen LogP contribution in [0, 0.1) is 0 Å². The third-order valence-electron chi connectivity index (χ3n) is 4.40. The van der Waals surface area contributed by atoms with Crippen molar-refractivity contribution in [1.82, 2.24) is 15.1 Å². The normalized spacial score (nSPS) is 15.9.